The average Bonchev–Trinajstić information content (AvgIpc) is 3.33. The Balaban J connectivity index is 1.97. The fourth-order valence-corrected chi connectivity index (χ4v) is 3.56. The third kappa shape index (κ3) is 1.83. The van der Waals surface area contributed by atoms with Gasteiger partial charge >= 0.3 is 0 Å². The van der Waals surface area contributed by atoms with Crippen LogP contribution in [0.4, 0.5) is 0 Å². The van der Waals surface area contributed by atoms with Crippen molar-refractivity contribution in [1.82, 2.24) is 0 Å². The van der Waals surface area contributed by atoms with Gasteiger partial charge in [0, 0.05) is 0 Å². The van der Waals surface area contributed by atoms with E-state index >= 15 is 0 Å². The van der Waals surface area contributed by atoms with Crippen LogP contribution in [0.1, 0.15) is 34.6 Å². The molecule has 0 saturated heterocycles. The molecule has 2 aromatic carbocycles. The molecule has 2 atom stereocenters. The van der Waals surface area contributed by atoms with Gasteiger partial charge in [-0.1, -0.05) is 73.9 Å². The molecule has 0 nitrogen and oxygen atoms in total. The lowest BCUT2D eigenvalue weighted by atomic mass is 9.87. The molecule has 1 fully saturated rings. The molecule has 0 heteroatoms. The van der Waals surface area contributed by atoms with E-state index in [9.17, 15) is 0 Å². The van der Waals surface area contributed by atoms with E-state index in [4.69, 9.17) is 0 Å². The molecule has 0 N–H and O–H groups in total. The minimum Gasteiger partial charge on any atom is -0.0984 e. The number of benzene rings is 2. The zero-order valence-corrected chi connectivity index (χ0v) is 12.0. The number of fused-ring (bicyclic) bond motifs is 3. The van der Waals surface area contributed by atoms with Gasteiger partial charge in [-0.3, -0.25) is 0 Å². The van der Waals surface area contributed by atoms with Gasteiger partial charge in [0.25, 0.3) is 0 Å². The average molecular weight is 270 g/mol. The molecule has 0 heterocycles. The maximum atomic E-state index is 4.00. The molecule has 4 rings (SSSR count). The van der Waals surface area contributed by atoms with E-state index in [1.165, 1.54) is 34.2 Å². The van der Waals surface area contributed by atoms with Gasteiger partial charge in [-0.15, -0.1) is 0 Å². The van der Waals surface area contributed by atoms with Crippen molar-refractivity contribution in [2.24, 2.45) is 5.92 Å². The second-order valence-electron chi connectivity index (χ2n) is 5.89. The molecule has 2 unspecified atom stereocenters. The highest BCUT2D eigenvalue weighted by Gasteiger charge is 2.39. The van der Waals surface area contributed by atoms with Crippen LogP contribution in [0, 0.1) is 5.92 Å². The Hall–Kier alpha value is -2.34. The second kappa shape index (κ2) is 4.60. The van der Waals surface area contributed by atoms with Gasteiger partial charge in [0.1, 0.15) is 0 Å². The molecule has 0 aliphatic heterocycles. The first kappa shape index (κ1) is 12.4. The quantitative estimate of drug-likeness (QED) is 0.664. The van der Waals surface area contributed by atoms with Gasteiger partial charge in [-0.2, -0.15) is 0 Å². The minimum atomic E-state index is 0.750. The van der Waals surface area contributed by atoms with E-state index in [0.717, 1.165) is 17.4 Å². The van der Waals surface area contributed by atoms with Crippen LogP contribution in [-0.2, 0) is 0 Å². The summed E-state index contributed by atoms with van der Waals surface area (Å²) in [6, 6.07) is 13.1. The topological polar surface area (TPSA) is 0 Å². The molecular weight excluding hydrogens is 252 g/mol. The Morgan fingerprint density at radius 3 is 2.57 bits per heavy atom. The van der Waals surface area contributed by atoms with Crippen LogP contribution in [0.3, 0.4) is 0 Å². The van der Waals surface area contributed by atoms with Crippen molar-refractivity contribution in [3.8, 4) is 11.1 Å². The second-order valence-corrected chi connectivity index (χ2v) is 5.89. The summed E-state index contributed by atoms with van der Waals surface area (Å²) < 4.78 is 0. The summed E-state index contributed by atoms with van der Waals surface area (Å²) in [6.45, 7) is 7.91. The molecule has 0 radical (unpaired) electrons. The van der Waals surface area contributed by atoms with Gasteiger partial charge in [-0.05, 0) is 51.6 Å². The van der Waals surface area contributed by atoms with Crippen LogP contribution in [0.5, 0.6) is 0 Å². The zero-order valence-electron chi connectivity index (χ0n) is 12.0. The Kier molecular flexibility index (Phi) is 2.71. The van der Waals surface area contributed by atoms with Crippen LogP contribution < -0.4 is 0 Å². The van der Waals surface area contributed by atoms with Crippen LogP contribution in [0.2, 0.25) is 0 Å². The predicted molar refractivity (Wildman–Crippen MR) is 91.9 cm³/mol. The van der Waals surface area contributed by atoms with E-state index in [0.29, 0.717) is 0 Å². The van der Waals surface area contributed by atoms with E-state index in [1.54, 1.807) is 0 Å². The van der Waals surface area contributed by atoms with Crippen molar-refractivity contribution in [3.05, 3.63) is 77.9 Å². The lowest BCUT2D eigenvalue weighted by molar-refractivity contribution is 0.997. The molecule has 102 valence electrons. The van der Waals surface area contributed by atoms with Gasteiger partial charge in [0.15, 0.2) is 0 Å². The molecule has 2 aromatic rings. The van der Waals surface area contributed by atoms with Crippen molar-refractivity contribution in [2.45, 2.75) is 12.3 Å². The van der Waals surface area contributed by atoms with Crippen LogP contribution in [0.25, 0.3) is 29.4 Å². The highest BCUT2D eigenvalue weighted by molar-refractivity contribution is 5.86. The molecule has 0 aromatic heterocycles. The normalized spacial score (nSPS) is 21.3. The molecule has 0 bridgehead atoms. The summed E-state index contributed by atoms with van der Waals surface area (Å²) in [7, 11) is 0. The summed E-state index contributed by atoms with van der Waals surface area (Å²) in [5, 5.41) is 0. The van der Waals surface area contributed by atoms with Crippen LogP contribution in [-0.4, -0.2) is 0 Å². The van der Waals surface area contributed by atoms with Gasteiger partial charge in [-0.25, -0.2) is 0 Å². The minimum absolute atomic E-state index is 0.750. The maximum Gasteiger partial charge on any atom is -0.00867 e. The molecule has 2 aliphatic carbocycles. The highest BCUT2D eigenvalue weighted by Crippen LogP contribution is 2.54. The zero-order chi connectivity index (χ0) is 14.4. The van der Waals surface area contributed by atoms with Crippen molar-refractivity contribution >= 4 is 18.2 Å². The van der Waals surface area contributed by atoms with Crippen LogP contribution >= 0.6 is 0 Å². The van der Waals surface area contributed by atoms with E-state index < -0.39 is 0 Å². The molecule has 0 amide bonds. The Morgan fingerprint density at radius 2 is 1.76 bits per heavy atom. The maximum absolute atomic E-state index is 4.00. The summed E-state index contributed by atoms with van der Waals surface area (Å²) >= 11 is 0. The third-order valence-electron chi connectivity index (χ3n) is 4.74. The molecule has 0 spiro atoms. The lowest BCUT2D eigenvalue weighted by Crippen LogP contribution is -1.97. The molecule has 21 heavy (non-hydrogen) atoms. The van der Waals surface area contributed by atoms with E-state index in [-0.39, 0.29) is 0 Å². The first-order valence-electron chi connectivity index (χ1n) is 7.53. The highest BCUT2D eigenvalue weighted by atomic mass is 14.4. The SMILES string of the molecule is C=Cc1cccc(-c2cccc3c2C=CC2CC32)c1C=C. The Bertz CT molecular complexity index is 777. The largest absolute Gasteiger partial charge is 0.0984 e. The van der Waals surface area contributed by atoms with Crippen molar-refractivity contribution in [2.75, 3.05) is 0 Å². The monoisotopic (exact) mass is 270 g/mol. The fraction of sp³-hybridized carbons (Fsp3) is 0.143. The van der Waals surface area contributed by atoms with Gasteiger partial charge < -0.3 is 0 Å². The predicted octanol–water partition coefficient (Wildman–Crippen LogP) is 5.77. The van der Waals surface area contributed by atoms with Gasteiger partial charge in [0.05, 0.1) is 0 Å². The summed E-state index contributed by atoms with van der Waals surface area (Å²) in [5.41, 5.74) is 7.78. The summed E-state index contributed by atoms with van der Waals surface area (Å²) in [4.78, 5) is 0. The first-order valence-corrected chi connectivity index (χ1v) is 7.53. The molecular formula is C21H18. The van der Waals surface area contributed by atoms with Crippen LogP contribution in [0.15, 0.2) is 55.6 Å². The van der Waals surface area contributed by atoms with E-state index in [2.05, 4.69) is 61.7 Å². The molecule has 1 saturated carbocycles. The third-order valence-corrected chi connectivity index (χ3v) is 4.74. The summed E-state index contributed by atoms with van der Waals surface area (Å²) in [6.07, 6.45) is 9.85. The van der Waals surface area contributed by atoms with Crippen molar-refractivity contribution in [3.63, 3.8) is 0 Å². The Morgan fingerprint density at radius 1 is 0.952 bits per heavy atom. The van der Waals surface area contributed by atoms with Crippen molar-refractivity contribution < 1.29 is 0 Å². The fourth-order valence-electron chi connectivity index (χ4n) is 3.56. The summed E-state index contributed by atoms with van der Waals surface area (Å²) in [5.74, 6) is 1.53. The smallest absolute Gasteiger partial charge is 0.00867 e. The first-order chi connectivity index (χ1) is 10.3. The molecule has 2 aliphatic rings. The van der Waals surface area contributed by atoms with Gasteiger partial charge in [0.2, 0.25) is 0 Å². The number of allylic oxidation sites excluding steroid dienone is 1. The number of hydrogen-bond donors (Lipinski definition) is 0. The standard InChI is InChI=1S/C21H18/c1-3-14-7-5-8-17(16(14)4-2)18-9-6-10-19-20(18)12-11-15-13-21(15)19/h3-12,15,21H,1-2,13H2. The number of rotatable bonds is 3. The number of hydrogen-bond acceptors (Lipinski definition) is 0. The lowest BCUT2D eigenvalue weighted by Gasteiger charge is -2.17. The Labute approximate surface area is 126 Å². The van der Waals surface area contributed by atoms with Crippen molar-refractivity contribution in [1.29, 1.82) is 0 Å². The van der Waals surface area contributed by atoms with E-state index in [1.807, 2.05) is 12.2 Å².